The Bertz CT molecular complexity index is 543. The van der Waals surface area contributed by atoms with Crippen molar-refractivity contribution in [3.63, 3.8) is 0 Å². The molecule has 0 aliphatic heterocycles. The van der Waals surface area contributed by atoms with Gasteiger partial charge in [0.2, 0.25) is 5.91 Å². The zero-order valence-electron chi connectivity index (χ0n) is 12.3. The molecule has 0 saturated heterocycles. The largest absolute Gasteiger partial charge is 0.508 e. The molecule has 2 rings (SSSR count). The number of carbonyl (C=O) groups excluding carboxylic acids is 1. The lowest BCUT2D eigenvalue weighted by atomic mass is 9.94. The molecule has 5 heteroatoms. The van der Waals surface area contributed by atoms with Crippen molar-refractivity contribution in [2.24, 2.45) is 17.8 Å². The molecule has 3 atom stereocenters. The van der Waals surface area contributed by atoms with E-state index < -0.39 is 17.8 Å². The minimum absolute atomic E-state index is 0.130. The highest BCUT2D eigenvalue weighted by Gasteiger charge is 2.42. The van der Waals surface area contributed by atoms with E-state index >= 15 is 0 Å². The van der Waals surface area contributed by atoms with Crippen LogP contribution >= 0.6 is 0 Å². The Kier molecular flexibility index (Phi) is 4.50. The van der Waals surface area contributed by atoms with Crippen molar-refractivity contribution in [3.05, 3.63) is 29.8 Å². The van der Waals surface area contributed by atoms with Crippen LogP contribution in [0.3, 0.4) is 0 Å². The average Bonchev–Trinajstić information content (AvgIpc) is 2.80. The zero-order valence-corrected chi connectivity index (χ0v) is 12.3. The number of hydrogen-bond acceptors (Lipinski definition) is 3. The summed E-state index contributed by atoms with van der Waals surface area (Å²) in [6, 6.07) is 6.73. The van der Waals surface area contributed by atoms with Gasteiger partial charge in [-0.2, -0.15) is 0 Å². The Morgan fingerprint density at radius 2 is 1.95 bits per heavy atom. The molecule has 0 spiro atoms. The lowest BCUT2D eigenvalue weighted by Crippen LogP contribution is -2.36. The van der Waals surface area contributed by atoms with E-state index in [1.165, 1.54) is 0 Å². The maximum atomic E-state index is 12.5. The molecular formula is C16H21NO4. The number of rotatable bonds is 4. The van der Waals surface area contributed by atoms with E-state index in [9.17, 15) is 19.8 Å². The Morgan fingerprint density at radius 3 is 2.57 bits per heavy atom. The Labute approximate surface area is 124 Å². The summed E-state index contributed by atoms with van der Waals surface area (Å²) in [6.07, 6.45) is 1.19. The summed E-state index contributed by atoms with van der Waals surface area (Å²) < 4.78 is 0. The van der Waals surface area contributed by atoms with Gasteiger partial charge in [0, 0.05) is 13.6 Å². The van der Waals surface area contributed by atoms with Crippen molar-refractivity contribution in [2.75, 3.05) is 7.05 Å². The number of aliphatic carboxylic acids is 1. The van der Waals surface area contributed by atoms with Crippen LogP contribution in [0.5, 0.6) is 5.75 Å². The third kappa shape index (κ3) is 3.54. The van der Waals surface area contributed by atoms with Crippen LogP contribution in [0.4, 0.5) is 0 Å². The van der Waals surface area contributed by atoms with Crippen LogP contribution in [0, 0.1) is 17.8 Å². The summed E-state index contributed by atoms with van der Waals surface area (Å²) in [5, 5.41) is 18.7. The van der Waals surface area contributed by atoms with Gasteiger partial charge in [-0.15, -0.1) is 0 Å². The van der Waals surface area contributed by atoms with Crippen molar-refractivity contribution in [1.82, 2.24) is 4.90 Å². The molecule has 3 unspecified atom stereocenters. The van der Waals surface area contributed by atoms with Crippen molar-refractivity contribution in [3.8, 4) is 5.75 Å². The molecule has 1 aliphatic carbocycles. The van der Waals surface area contributed by atoms with Gasteiger partial charge in [0.1, 0.15) is 5.75 Å². The van der Waals surface area contributed by atoms with Gasteiger partial charge in [-0.25, -0.2) is 0 Å². The van der Waals surface area contributed by atoms with Gasteiger partial charge < -0.3 is 15.1 Å². The maximum Gasteiger partial charge on any atom is 0.307 e. The fourth-order valence-corrected chi connectivity index (χ4v) is 3.13. The van der Waals surface area contributed by atoms with Crippen molar-refractivity contribution < 1.29 is 19.8 Å². The molecular weight excluding hydrogens is 270 g/mol. The van der Waals surface area contributed by atoms with Crippen LogP contribution in [0.2, 0.25) is 0 Å². The average molecular weight is 291 g/mol. The quantitative estimate of drug-likeness (QED) is 0.890. The Morgan fingerprint density at radius 1 is 1.29 bits per heavy atom. The van der Waals surface area contributed by atoms with Crippen molar-refractivity contribution in [2.45, 2.75) is 26.3 Å². The highest BCUT2D eigenvalue weighted by atomic mass is 16.4. The summed E-state index contributed by atoms with van der Waals surface area (Å²) in [4.78, 5) is 25.3. The molecule has 0 heterocycles. The predicted molar refractivity (Wildman–Crippen MR) is 77.6 cm³/mol. The number of nitrogens with zero attached hydrogens (tertiary/aromatic N) is 1. The topological polar surface area (TPSA) is 77.8 Å². The molecule has 1 fully saturated rings. The van der Waals surface area contributed by atoms with Crippen molar-refractivity contribution >= 4 is 11.9 Å². The van der Waals surface area contributed by atoms with Crippen LogP contribution < -0.4 is 0 Å². The van der Waals surface area contributed by atoms with Gasteiger partial charge in [-0.3, -0.25) is 9.59 Å². The summed E-state index contributed by atoms with van der Waals surface area (Å²) in [7, 11) is 1.67. The highest BCUT2D eigenvalue weighted by molar-refractivity contribution is 5.85. The summed E-state index contributed by atoms with van der Waals surface area (Å²) in [6.45, 7) is 2.35. The van der Waals surface area contributed by atoms with Crippen LogP contribution in [-0.2, 0) is 16.1 Å². The van der Waals surface area contributed by atoms with Crippen LogP contribution in [-0.4, -0.2) is 34.0 Å². The van der Waals surface area contributed by atoms with Crippen LogP contribution in [0.15, 0.2) is 24.3 Å². The third-order valence-corrected chi connectivity index (χ3v) is 4.14. The third-order valence-electron chi connectivity index (χ3n) is 4.14. The zero-order chi connectivity index (χ0) is 15.6. The molecule has 21 heavy (non-hydrogen) atoms. The van der Waals surface area contributed by atoms with Crippen molar-refractivity contribution in [1.29, 1.82) is 0 Å². The molecule has 0 radical (unpaired) electrons. The molecule has 5 nitrogen and oxygen atoms in total. The number of carboxylic acids is 1. The first-order valence-corrected chi connectivity index (χ1v) is 7.14. The molecule has 1 amide bonds. The lowest BCUT2D eigenvalue weighted by molar-refractivity contribution is -0.148. The number of carboxylic acid groups (broad SMARTS) is 1. The monoisotopic (exact) mass is 291 g/mol. The standard InChI is InChI=1S/C16H21NO4/c1-10-6-13(14(7-10)16(20)21)15(19)17(2)9-11-4-3-5-12(18)8-11/h3-5,8,10,13-14,18H,6-7,9H2,1-2H3,(H,20,21). The van der Waals surface area contributed by atoms with Crippen LogP contribution in [0.1, 0.15) is 25.3 Å². The number of hydrogen-bond donors (Lipinski definition) is 2. The SMILES string of the molecule is CC1CC(C(=O)O)C(C(=O)N(C)Cc2cccc(O)c2)C1. The molecule has 114 valence electrons. The van der Waals surface area contributed by atoms with E-state index in [4.69, 9.17) is 0 Å². The number of carbonyl (C=O) groups is 2. The lowest BCUT2D eigenvalue weighted by Gasteiger charge is -2.23. The van der Waals surface area contributed by atoms with E-state index in [1.54, 1.807) is 30.1 Å². The molecule has 1 aromatic carbocycles. The fraction of sp³-hybridized carbons (Fsp3) is 0.500. The van der Waals surface area contributed by atoms with E-state index in [0.29, 0.717) is 19.4 Å². The first kappa shape index (κ1) is 15.4. The summed E-state index contributed by atoms with van der Waals surface area (Å²) in [5.41, 5.74) is 0.823. The molecule has 1 aliphatic rings. The normalized spacial score (nSPS) is 24.8. The van der Waals surface area contributed by atoms with Gasteiger partial charge in [-0.1, -0.05) is 19.1 Å². The summed E-state index contributed by atoms with van der Waals surface area (Å²) >= 11 is 0. The molecule has 1 saturated carbocycles. The fourth-order valence-electron chi connectivity index (χ4n) is 3.13. The van der Waals surface area contributed by atoms with E-state index in [2.05, 4.69) is 0 Å². The van der Waals surface area contributed by atoms with Crippen LogP contribution in [0.25, 0.3) is 0 Å². The number of benzene rings is 1. The minimum atomic E-state index is -0.886. The Balaban J connectivity index is 2.06. The summed E-state index contributed by atoms with van der Waals surface area (Å²) in [5.74, 6) is -1.63. The minimum Gasteiger partial charge on any atom is -0.508 e. The van der Waals surface area contributed by atoms with E-state index in [0.717, 1.165) is 5.56 Å². The predicted octanol–water partition coefficient (Wildman–Crippen LogP) is 2.10. The molecule has 0 bridgehead atoms. The molecule has 0 aromatic heterocycles. The highest BCUT2D eigenvalue weighted by Crippen LogP contribution is 2.37. The van der Waals surface area contributed by atoms with Gasteiger partial charge in [-0.05, 0) is 36.5 Å². The number of amides is 1. The first-order chi connectivity index (χ1) is 9.88. The van der Waals surface area contributed by atoms with E-state index in [-0.39, 0.29) is 17.6 Å². The second-order valence-corrected chi connectivity index (χ2v) is 5.99. The number of phenolic OH excluding ortho intramolecular Hbond substituents is 1. The smallest absolute Gasteiger partial charge is 0.307 e. The first-order valence-electron chi connectivity index (χ1n) is 7.14. The molecule has 2 N–H and O–H groups in total. The second kappa shape index (κ2) is 6.16. The van der Waals surface area contributed by atoms with Gasteiger partial charge in [0.25, 0.3) is 0 Å². The van der Waals surface area contributed by atoms with Gasteiger partial charge in [0.15, 0.2) is 0 Å². The second-order valence-electron chi connectivity index (χ2n) is 5.99. The Hall–Kier alpha value is -2.04. The van der Waals surface area contributed by atoms with Gasteiger partial charge >= 0.3 is 5.97 Å². The number of phenols is 1. The van der Waals surface area contributed by atoms with E-state index in [1.807, 2.05) is 13.0 Å². The molecule has 1 aromatic rings. The van der Waals surface area contributed by atoms with Gasteiger partial charge in [0.05, 0.1) is 11.8 Å². The maximum absolute atomic E-state index is 12.5. The number of aromatic hydroxyl groups is 1.